The van der Waals surface area contributed by atoms with Crippen LogP contribution in [-0.2, 0) is 28.7 Å². The van der Waals surface area contributed by atoms with Crippen molar-refractivity contribution >= 4 is 58.0 Å². The number of piperazine rings is 1. The molecule has 0 radical (unpaired) electrons. The predicted octanol–water partition coefficient (Wildman–Crippen LogP) is 1.84. The topological polar surface area (TPSA) is 182 Å². The van der Waals surface area contributed by atoms with E-state index >= 15 is 0 Å². The van der Waals surface area contributed by atoms with Crippen molar-refractivity contribution in [2.45, 2.75) is 17.5 Å². The molecule has 49 heavy (non-hydrogen) atoms. The number of nitrogens with two attached hydrogens (primary N) is 1. The molecular weight excluding hydrogens is 673 g/mol. The molecule has 0 spiro atoms. The summed E-state index contributed by atoms with van der Waals surface area (Å²) in [6, 6.07) is 17.5. The van der Waals surface area contributed by atoms with Crippen molar-refractivity contribution in [1.82, 2.24) is 29.4 Å². The highest BCUT2D eigenvalue weighted by molar-refractivity contribution is 8.00. The van der Waals surface area contributed by atoms with E-state index in [-0.39, 0.29) is 34.7 Å². The smallest absolute Gasteiger partial charge is 0.410 e. The van der Waals surface area contributed by atoms with Gasteiger partial charge in [0.15, 0.2) is 11.2 Å². The van der Waals surface area contributed by atoms with Gasteiger partial charge in [0.05, 0.1) is 0 Å². The number of hydrogen-bond donors (Lipinski definition) is 2. The van der Waals surface area contributed by atoms with Crippen LogP contribution in [0.15, 0.2) is 77.1 Å². The molecule has 2 fully saturated rings. The third-order valence-corrected chi connectivity index (χ3v) is 10.0. The number of carbonyl (C=O) groups is 4. The Morgan fingerprint density at radius 1 is 1.04 bits per heavy atom. The predicted molar refractivity (Wildman–Crippen MR) is 181 cm³/mol. The van der Waals surface area contributed by atoms with Crippen LogP contribution < -0.4 is 11.1 Å². The summed E-state index contributed by atoms with van der Waals surface area (Å²) in [7, 11) is 3.24. The van der Waals surface area contributed by atoms with Crippen molar-refractivity contribution in [2.24, 2.45) is 5.16 Å². The van der Waals surface area contributed by atoms with Gasteiger partial charge in [0.2, 0.25) is 11.5 Å². The molecule has 2 aromatic carbocycles. The summed E-state index contributed by atoms with van der Waals surface area (Å²) in [5, 5.41) is 5.87. The molecule has 256 valence electrons. The highest BCUT2D eigenvalue weighted by atomic mass is 32.2. The fraction of sp³-hybridized carbons (Fsp3) is 0.344. The van der Waals surface area contributed by atoms with Gasteiger partial charge in [-0.25, -0.2) is 9.59 Å². The first-order valence-electron chi connectivity index (χ1n) is 15.3. The number of β-lactam (4-membered cyclic amide) rings is 1. The molecule has 15 nitrogen and oxygen atoms in total. The number of ether oxygens (including phenoxy) is 2. The molecule has 4 heterocycles. The second kappa shape index (κ2) is 15.0. The van der Waals surface area contributed by atoms with Crippen molar-refractivity contribution < 1.29 is 33.5 Å². The van der Waals surface area contributed by atoms with Crippen LogP contribution in [0.1, 0.15) is 23.1 Å². The van der Waals surface area contributed by atoms with Crippen molar-refractivity contribution in [1.29, 1.82) is 0 Å². The molecule has 0 saturated carbocycles. The molecule has 3 aliphatic rings. The van der Waals surface area contributed by atoms with Crippen LogP contribution in [0.3, 0.4) is 0 Å². The number of aromatic nitrogens is 2. The maximum Gasteiger partial charge on any atom is 0.410 e. The van der Waals surface area contributed by atoms with Gasteiger partial charge in [-0.05, 0) is 18.2 Å². The van der Waals surface area contributed by atoms with E-state index in [1.54, 1.807) is 4.90 Å². The van der Waals surface area contributed by atoms with E-state index in [4.69, 9.17) is 20.0 Å². The number of amides is 3. The zero-order chi connectivity index (χ0) is 34.5. The van der Waals surface area contributed by atoms with Crippen LogP contribution in [0.5, 0.6) is 0 Å². The number of hydrogen-bond acceptors (Lipinski definition) is 14. The number of anilines is 1. The average molecular weight is 707 g/mol. The van der Waals surface area contributed by atoms with E-state index in [1.807, 2.05) is 67.7 Å². The van der Waals surface area contributed by atoms with Gasteiger partial charge in [0.1, 0.15) is 30.8 Å². The number of nitrogens with one attached hydrogen (secondary N) is 1. The Balaban J connectivity index is 1.26. The Kier molecular flexibility index (Phi) is 10.4. The zero-order valence-electron chi connectivity index (χ0n) is 26.7. The van der Waals surface area contributed by atoms with E-state index in [0.717, 1.165) is 22.7 Å². The molecule has 17 heteroatoms. The van der Waals surface area contributed by atoms with E-state index in [9.17, 15) is 19.2 Å². The van der Waals surface area contributed by atoms with Crippen LogP contribution in [-0.4, -0.2) is 118 Å². The van der Waals surface area contributed by atoms with Crippen molar-refractivity contribution in [3.05, 3.63) is 88.9 Å². The highest BCUT2D eigenvalue weighted by Crippen LogP contribution is 2.42. The Bertz CT molecular complexity index is 1720. The van der Waals surface area contributed by atoms with Gasteiger partial charge in [-0.15, -0.1) is 11.8 Å². The minimum absolute atomic E-state index is 0.0259. The van der Waals surface area contributed by atoms with Gasteiger partial charge in [0, 0.05) is 49.0 Å². The standard InChI is InChI=1S/C32H34N8O7S2/c1-38-13-15-39(16-14-38)32(44)46-17-21-18-48-29-23(34-27(41)22(36-45-2)26-35-31(33)49-37-26)28(42)40(29)24(21)30(43)47-25(19-9-5-3-6-10-19)20-11-7-4-8-12-20/h3-12,23,25,29H,13-18H2,1-2H3,(H,34,41)(H2,33,35,37)/t23?,29-/m0/s1. The first-order valence-corrected chi connectivity index (χ1v) is 17.2. The van der Waals surface area contributed by atoms with Crippen LogP contribution in [0.2, 0.25) is 0 Å². The molecular formula is C32H34N8O7S2. The Hall–Kier alpha value is -5.00. The molecule has 0 bridgehead atoms. The molecule has 3 amide bonds. The normalized spacial score (nSPS) is 19.7. The third kappa shape index (κ3) is 7.38. The fourth-order valence-electron chi connectivity index (χ4n) is 5.58. The zero-order valence-corrected chi connectivity index (χ0v) is 28.3. The maximum atomic E-state index is 14.2. The summed E-state index contributed by atoms with van der Waals surface area (Å²) in [5.41, 5.74) is 7.27. The van der Waals surface area contributed by atoms with Crippen LogP contribution in [0.4, 0.5) is 9.93 Å². The van der Waals surface area contributed by atoms with Gasteiger partial charge in [-0.3, -0.25) is 14.5 Å². The monoisotopic (exact) mass is 706 g/mol. The molecule has 3 N–H and O–H groups in total. The van der Waals surface area contributed by atoms with Crippen LogP contribution in [0.25, 0.3) is 0 Å². The quantitative estimate of drug-likeness (QED) is 0.135. The number of fused-ring (bicyclic) bond motifs is 1. The van der Waals surface area contributed by atoms with Gasteiger partial charge < -0.3 is 35.2 Å². The van der Waals surface area contributed by atoms with E-state index < -0.39 is 41.4 Å². The average Bonchev–Trinajstić information content (AvgIpc) is 3.56. The number of carbonyl (C=O) groups excluding carboxylic acids is 4. The first-order chi connectivity index (χ1) is 23.7. The molecule has 6 rings (SSSR count). The molecule has 2 saturated heterocycles. The highest BCUT2D eigenvalue weighted by Gasteiger charge is 2.55. The summed E-state index contributed by atoms with van der Waals surface area (Å²) >= 11 is 2.19. The number of nitrogen functional groups attached to an aromatic ring is 1. The summed E-state index contributed by atoms with van der Waals surface area (Å²) in [4.78, 5) is 68.1. The lowest BCUT2D eigenvalue weighted by Crippen LogP contribution is -2.71. The molecule has 2 atom stereocenters. The number of esters is 1. The second-order valence-electron chi connectivity index (χ2n) is 11.3. The molecule has 3 aromatic rings. The summed E-state index contributed by atoms with van der Waals surface area (Å²) < 4.78 is 15.9. The van der Waals surface area contributed by atoms with E-state index in [0.29, 0.717) is 31.8 Å². The molecule has 3 aliphatic heterocycles. The lowest BCUT2D eigenvalue weighted by atomic mass is 10.0. The lowest BCUT2D eigenvalue weighted by molar-refractivity contribution is -0.154. The SMILES string of the molecule is CON=C(C(=O)NC1C(=O)N2C(C(=O)OC(c3ccccc3)c3ccccc3)=C(COC(=O)N3CCN(C)CC3)CS[C@@H]12)c1nsc(N)n1. The summed E-state index contributed by atoms with van der Waals surface area (Å²) in [6.45, 7) is 2.23. The van der Waals surface area contributed by atoms with Crippen molar-refractivity contribution in [2.75, 3.05) is 58.4 Å². The van der Waals surface area contributed by atoms with Crippen molar-refractivity contribution in [3.63, 3.8) is 0 Å². The fourth-order valence-corrected chi connectivity index (χ4v) is 7.34. The maximum absolute atomic E-state index is 14.2. The van der Waals surface area contributed by atoms with Gasteiger partial charge in [-0.1, -0.05) is 65.8 Å². The van der Waals surface area contributed by atoms with Crippen LogP contribution >= 0.6 is 23.3 Å². The largest absolute Gasteiger partial charge is 0.448 e. The summed E-state index contributed by atoms with van der Waals surface area (Å²) in [6.07, 6.45) is -1.30. The molecule has 0 aliphatic carbocycles. The Labute approximate surface area is 290 Å². The summed E-state index contributed by atoms with van der Waals surface area (Å²) in [5.74, 6) is -1.91. The number of oxime groups is 1. The number of nitrogens with zero attached hydrogens (tertiary/aromatic N) is 6. The number of likely N-dealkylation sites (N-methyl/N-ethyl adjacent to an activating group) is 1. The van der Waals surface area contributed by atoms with Gasteiger partial charge >= 0.3 is 12.1 Å². The minimum Gasteiger partial charge on any atom is -0.448 e. The minimum atomic E-state index is -1.02. The number of thioether (sulfide) groups is 1. The third-order valence-electron chi connectivity index (χ3n) is 8.14. The van der Waals surface area contributed by atoms with Crippen LogP contribution in [0, 0.1) is 0 Å². The number of benzene rings is 2. The Morgan fingerprint density at radius 3 is 2.29 bits per heavy atom. The first kappa shape index (κ1) is 33.9. The number of rotatable bonds is 10. The Morgan fingerprint density at radius 2 is 1.69 bits per heavy atom. The van der Waals surface area contributed by atoms with Gasteiger partial charge in [-0.2, -0.15) is 9.36 Å². The second-order valence-corrected chi connectivity index (χ2v) is 13.2. The van der Waals surface area contributed by atoms with E-state index in [2.05, 4.69) is 24.7 Å². The van der Waals surface area contributed by atoms with Gasteiger partial charge in [0.25, 0.3) is 11.8 Å². The van der Waals surface area contributed by atoms with Crippen molar-refractivity contribution in [3.8, 4) is 0 Å². The molecule has 1 unspecified atom stereocenters. The lowest BCUT2D eigenvalue weighted by Gasteiger charge is -2.49. The van der Waals surface area contributed by atoms with E-state index in [1.165, 1.54) is 23.8 Å². The molecule has 1 aromatic heterocycles.